The van der Waals surface area contributed by atoms with Crippen LogP contribution in [0.3, 0.4) is 0 Å². The molecule has 0 radical (unpaired) electrons. The van der Waals surface area contributed by atoms with Crippen LogP contribution in [-0.2, 0) is 9.53 Å². The van der Waals surface area contributed by atoms with Crippen LogP contribution in [0.4, 0.5) is 11.4 Å². The molecule has 1 aromatic carbocycles. The summed E-state index contributed by atoms with van der Waals surface area (Å²) in [7, 11) is 0. The molecule has 0 unspecified atom stereocenters. The van der Waals surface area contributed by atoms with Gasteiger partial charge in [0.25, 0.3) is 0 Å². The Morgan fingerprint density at radius 1 is 1.25 bits per heavy atom. The number of benzene rings is 1. The molecular weight excluding hydrogens is 306 g/mol. The predicted octanol–water partition coefficient (Wildman–Crippen LogP) is 2.53. The normalized spacial score (nSPS) is 14.5. The molecule has 2 amide bonds. The number of rotatable bonds is 8. The minimum Gasteiger partial charge on any atom is -0.382 e. The number of hydrogen-bond acceptors (Lipinski definition) is 4. The quantitative estimate of drug-likeness (QED) is 0.716. The number of nitrogens with one attached hydrogen (secondary N) is 1. The van der Waals surface area contributed by atoms with Gasteiger partial charge in [0, 0.05) is 38.3 Å². The molecule has 0 bridgehead atoms. The van der Waals surface area contributed by atoms with Crippen molar-refractivity contribution >= 4 is 23.2 Å². The number of carbonyl (C=O) groups excluding carboxylic acids is 2. The minimum atomic E-state index is -0.493. The summed E-state index contributed by atoms with van der Waals surface area (Å²) in [6.45, 7) is 5.08. The number of amides is 2. The van der Waals surface area contributed by atoms with Gasteiger partial charge in [0.15, 0.2) is 0 Å². The first kappa shape index (κ1) is 18.3. The molecule has 0 aromatic heterocycles. The fraction of sp³-hybridized carbons (Fsp3) is 0.556. The van der Waals surface area contributed by atoms with Gasteiger partial charge in [-0.25, -0.2) is 0 Å². The second kappa shape index (κ2) is 9.27. The highest BCUT2D eigenvalue weighted by Crippen LogP contribution is 2.29. The highest BCUT2D eigenvalue weighted by atomic mass is 16.5. The summed E-state index contributed by atoms with van der Waals surface area (Å²) in [6, 6.07) is 5.27. The van der Waals surface area contributed by atoms with E-state index < -0.39 is 5.91 Å². The van der Waals surface area contributed by atoms with Crippen molar-refractivity contribution in [1.29, 1.82) is 0 Å². The lowest BCUT2D eigenvalue weighted by atomic mass is 10.1. The van der Waals surface area contributed by atoms with Crippen molar-refractivity contribution < 1.29 is 14.3 Å². The summed E-state index contributed by atoms with van der Waals surface area (Å²) >= 11 is 0. The number of piperidine rings is 1. The zero-order chi connectivity index (χ0) is 17.4. The van der Waals surface area contributed by atoms with Gasteiger partial charge in [0.05, 0.1) is 11.4 Å². The van der Waals surface area contributed by atoms with Crippen LogP contribution in [0.1, 0.15) is 49.4 Å². The summed E-state index contributed by atoms with van der Waals surface area (Å²) < 4.78 is 5.25. The van der Waals surface area contributed by atoms with Gasteiger partial charge in [-0.1, -0.05) is 0 Å². The van der Waals surface area contributed by atoms with Crippen LogP contribution in [0, 0.1) is 0 Å². The van der Waals surface area contributed by atoms with Crippen LogP contribution in [-0.4, -0.2) is 38.1 Å². The molecule has 6 nitrogen and oxygen atoms in total. The molecule has 3 N–H and O–H groups in total. The van der Waals surface area contributed by atoms with Crippen LogP contribution < -0.4 is 16.0 Å². The molecule has 1 heterocycles. The Morgan fingerprint density at radius 2 is 2.00 bits per heavy atom. The Hall–Kier alpha value is -2.08. The van der Waals surface area contributed by atoms with Crippen LogP contribution in [0.15, 0.2) is 18.2 Å². The van der Waals surface area contributed by atoms with Crippen LogP contribution in [0.25, 0.3) is 0 Å². The molecule has 1 aliphatic rings. The maximum atomic E-state index is 12.2. The number of nitrogens with zero attached hydrogens (tertiary/aromatic N) is 1. The SMILES string of the molecule is CCOCCCC(=O)Nc1cc(C(N)=O)ccc1N1CCCCC1. The summed E-state index contributed by atoms with van der Waals surface area (Å²) in [4.78, 5) is 25.9. The average molecular weight is 333 g/mol. The molecule has 2 rings (SSSR count). The molecule has 6 heteroatoms. The molecule has 1 saturated heterocycles. The summed E-state index contributed by atoms with van der Waals surface area (Å²) in [5, 5.41) is 2.94. The molecular formula is C18H27N3O3. The predicted molar refractivity (Wildman–Crippen MR) is 95.4 cm³/mol. The number of ether oxygens (including phenoxy) is 1. The van der Waals surface area contributed by atoms with Crippen molar-refractivity contribution in [1.82, 2.24) is 0 Å². The molecule has 0 saturated carbocycles. The van der Waals surface area contributed by atoms with Crippen LogP contribution in [0.2, 0.25) is 0 Å². The molecule has 1 fully saturated rings. The molecule has 1 aromatic rings. The van der Waals surface area contributed by atoms with E-state index in [1.165, 1.54) is 6.42 Å². The fourth-order valence-electron chi connectivity index (χ4n) is 2.89. The van der Waals surface area contributed by atoms with Gasteiger partial charge >= 0.3 is 0 Å². The molecule has 0 spiro atoms. The van der Waals surface area contributed by atoms with E-state index >= 15 is 0 Å². The van der Waals surface area contributed by atoms with E-state index in [0.717, 1.165) is 31.6 Å². The molecule has 1 aliphatic heterocycles. The Bertz CT molecular complexity index is 569. The monoisotopic (exact) mass is 333 g/mol. The number of anilines is 2. The lowest BCUT2D eigenvalue weighted by molar-refractivity contribution is -0.116. The fourth-order valence-corrected chi connectivity index (χ4v) is 2.89. The standard InChI is InChI=1S/C18H27N3O3/c1-2-24-12-6-7-17(22)20-15-13-14(18(19)23)8-9-16(15)21-10-4-3-5-11-21/h8-9,13H,2-7,10-12H2,1H3,(H2,19,23)(H,20,22). The maximum absolute atomic E-state index is 12.2. The first-order chi connectivity index (χ1) is 11.6. The number of carbonyl (C=O) groups is 2. The summed E-state index contributed by atoms with van der Waals surface area (Å²) in [5.74, 6) is -0.568. The molecule has 0 aliphatic carbocycles. The molecule has 132 valence electrons. The highest BCUT2D eigenvalue weighted by molar-refractivity contribution is 5.99. The van der Waals surface area contributed by atoms with E-state index in [1.807, 2.05) is 13.0 Å². The van der Waals surface area contributed by atoms with Crippen molar-refractivity contribution in [2.45, 2.75) is 39.0 Å². The van der Waals surface area contributed by atoms with E-state index in [2.05, 4.69) is 10.2 Å². The van der Waals surface area contributed by atoms with Gasteiger partial charge in [0.1, 0.15) is 0 Å². The smallest absolute Gasteiger partial charge is 0.248 e. The second-order valence-electron chi connectivity index (χ2n) is 5.99. The van der Waals surface area contributed by atoms with E-state index in [-0.39, 0.29) is 5.91 Å². The van der Waals surface area contributed by atoms with Crippen molar-refractivity contribution in [2.24, 2.45) is 5.73 Å². The van der Waals surface area contributed by atoms with E-state index in [0.29, 0.717) is 37.3 Å². The molecule has 24 heavy (non-hydrogen) atoms. The van der Waals surface area contributed by atoms with E-state index in [1.54, 1.807) is 12.1 Å². The van der Waals surface area contributed by atoms with E-state index in [4.69, 9.17) is 10.5 Å². The highest BCUT2D eigenvalue weighted by Gasteiger charge is 2.17. The van der Waals surface area contributed by atoms with Crippen molar-refractivity contribution in [3.8, 4) is 0 Å². The van der Waals surface area contributed by atoms with Gasteiger partial charge in [0.2, 0.25) is 11.8 Å². The minimum absolute atomic E-state index is 0.0745. The lowest BCUT2D eigenvalue weighted by Crippen LogP contribution is -2.30. The zero-order valence-corrected chi connectivity index (χ0v) is 14.3. The van der Waals surface area contributed by atoms with Crippen molar-refractivity contribution in [3.63, 3.8) is 0 Å². The third-order valence-corrected chi connectivity index (χ3v) is 4.15. The maximum Gasteiger partial charge on any atom is 0.248 e. The Labute approximate surface area is 143 Å². The van der Waals surface area contributed by atoms with Crippen LogP contribution in [0.5, 0.6) is 0 Å². The van der Waals surface area contributed by atoms with Gasteiger partial charge in [-0.15, -0.1) is 0 Å². The third-order valence-electron chi connectivity index (χ3n) is 4.15. The van der Waals surface area contributed by atoms with E-state index in [9.17, 15) is 9.59 Å². The number of hydrogen-bond donors (Lipinski definition) is 2. The number of nitrogens with two attached hydrogens (primary N) is 1. The topological polar surface area (TPSA) is 84.7 Å². The third kappa shape index (κ3) is 5.23. The Balaban J connectivity index is 2.10. The van der Waals surface area contributed by atoms with Crippen molar-refractivity contribution in [3.05, 3.63) is 23.8 Å². The van der Waals surface area contributed by atoms with Crippen molar-refractivity contribution in [2.75, 3.05) is 36.5 Å². The second-order valence-corrected chi connectivity index (χ2v) is 5.99. The molecule has 0 atom stereocenters. The lowest BCUT2D eigenvalue weighted by Gasteiger charge is -2.30. The van der Waals surface area contributed by atoms with Gasteiger partial charge < -0.3 is 20.7 Å². The first-order valence-corrected chi connectivity index (χ1v) is 8.68. The average Bonchev–Trinajstić information content (AvgIpc) is 2.59. The van der Waals surface area contributed by atoms with Gasteiger partial charge in [-0.2, -0.15) is 0 Å². The first-order valence-electron chi connectivity index (χ1n) is 8.68. The van der Waals surface area contributed by atoms with Crippen LogP contribution >= 0.6 is 0 Å². The number of primary amides is 1. The van der Waals surface area contributed by atoms with Gasteiger partial charge in [-0.05, 0) is 50.8 Å². The summed E-state index contributed by atoms with van der Waals surface area (Å²) in [5.41, 5.74) is 7.39. The largest absolute Gasteiger partial charge is 0.382 e. The summed E-state index contributed by atoms with van der Waals surface area (Å²) in [6.07, 6.45) is 4.57. The Morgan fingerprint density at radius 3 is 2.67 bits per heavy atom. The Kier molecular flexibility index (Phi) is 7.06. The zero-order valence-electron chi connectivity index (χ0n) is 14.3. The van der Waals surface area contributed by atoms with Gasteiger partial charge in [-0.3, -0.25) is 9.59 Å².